The van der Waals surface area contributed by atoms with E-state index in [0.717, 1.165) is 6.42 Å². The Labute approximate surface area is 196 Å². The van der Waals surface area contributed by atoms with Gasteiger partial charge in [0.15, 0.2) is 0 Å². The molecule has 9 heteroatoms. The number of ether oxygens (including phenoxy) is 1. The van der Waals surface area contributed by atoms with Crippen LogP contribution in [0, 0.1) is 5.92 Å². The van der Waals surface area contributed by atoms with E-state index < -0.39 is 17.9 Å². The molecule has 0 aliphatic rings. The van der Waals surface area contributed by atoms with E-state index in [2.05, 4.69) is 15.8 Å². The number of hydrazone groups is 1. The molecule has 2 amide bonds. The van der Waals surface area contributed by atoms with Gasteiger partial charge in [-0.3, -0.25) is 9.59 Å². The Morgan fingerprint density at radius 1 is 1.10 bits per heavy atom. The van der Waals surface area contributed by atoms with Crippen molar-refractivity contribution in [2.24, 2.45) is 11.0 Å². The number of nitrogens with one attached hydrogen (secondary N) is 2. The summed E-state index contributed by atoms with van der Waals surface area (Å²) in [6, 6.07) is 8.85. The topological polar surface area (TPSA) is 79.8 Å². The first kappa shape index (κ1) is 25.0. The number of hydrogen-bond acceptors (Lipinski definition) is 4. The van der Waals surface area contributed by atoms with Crippen molar-refractivity contribution >= 4 is 52.8 Å². The van der Waals surface area contributed by atoms with Gasteiger partial charge in [0.25, 0.3) is 11.8 Å². The lowest BCUT2D eigenvalue weighted by Crippen LogP contribution is -2.48. The summed E-state index contributed by atoms with van der Waals surface area (Å²) in [6.07, 6.45) is 2.30. The van der Waals surface area contributed by atoms with Crippen LogP contribution in [-0.2, 0) is 4.79 Å². The average Bonchev–Trinajstić information content (AvgIpc) is 2.70. The van der Waals surface area contributed by atoms with Crippen molar-refractivity contribution in [2.75, 3.05) is 6.61 Å². The first-order chi connectivity index (χ1) is 14.7. The van der Waals surface area contributed by atoms with Gasteiger partial charge in [0.2, 0.25) is 0 Å². The Morgan fingerprint density at radius 2 is 1.77 bits per heavy atom. The van der Waals surface area contributed by atoms with Crippen LogP contribution < -0.4 is 15.5 Å². The number of halogens is 3. The van der Waals surface area contributed by atoms with Gasteiger partial charge in [-0.25, -0.2) is 5.43 Å². The van der Waals surface area contributed by atoms with Gasteiger partial charge in [0, 0.05) is 15.6 Å². The first-order valence-electron chi connectivity index (χ1n) is 9.74. The van der Waals surface area contributed by atoms with Gasteiger partial charge in [-0.1, -0.05) is 55.6 Å². The maximum absolute atomic E-state index is 12.7. The highest BCUT2D eigenvalue weighted by Gasteiger charge is 2.25. The maximum Gasteiger partial charge on any atom is 0.262 e. The third-order valence-electron chi connectivity index (χ3n) is 4.22. The average molecular weight is 485 g/mol. The SMILES string of the molecule is CCCOc1ccc(Cl)cc1C=NNC(=O)C(NC(=O)c1ccc(Cl)cc1Cl)C(C)C. The predicted molar refractivity (Wildman–Crippen MR) is 126 cm³/mol. The Morgan fingerprint density at radius 3 is 2.42 bits per heavy atom. The number of carbonyl (C=O) groups excluding carboxylic acids is 2. The van der Waals surface area contributed by atoms with Gasteiger partial charge in [-0.2, -0.15) is 5.10 Å². The third-order valence-corrected chi connectivity index (χ3v) is 5.01. The minimum Gasteiger partial charge on any atom is -0.493 e. The number of hydrogen-bond donors (Lipinski definition) is 2. The van der Waals surface area contributed by atoms with Crippen molar-refractivity contribution < 1.29 is 14.3 Å². The maximum atomic E-state index is 12.7. The molecular weight excluding hydrogens is 461 g/mol. The van der Waals surface area contributed by atoms with Gasteiger partial charge in [-0.15, -0.1) is 0 Å². The van der Waals surface area contributed by atoms with Crippen LogP contribution in [-0.4, -0.2) is 30.7 Å². The van der Waals surface area contributed by atoms with Gasteiger partial charge in [-0.05, 0) is 48.7 Å². The molecule has 2 N–H and O–H groups in total. The summed E-state index contributed by atoms with van der Waals surface area (Å²) < 4.78 is 5.66. The van der Waals surface area contributed by atoms with Gasteiger partial charge in [0.1, 0.15) is 11.8 Å². The Kier molecular flexibility index (Phi) is 9.62. The zero-order chi connectivity index (χ0) is 23.0. The molecule has 2 aromatic carbocycles. The molecule has 0 aromatic heterocycles. The fraction of sp³-hybridized carbons (Fsp3) is 0.318. The minimum atomic E-state index is -0.827. The summed E-state index contributed by atoms with van der Waals surface area (Å²) in [5, 5.41) is 7.83. The van der Waals surface area contributed by atoms with Crippen molar-refractivity contribution in [3.05, 3.63) is 62.6 Å². The Hall–Kier alpha value is -2.28. The molecular formula is C22H24Cl3N3O3. The van der Waals surface area contributed by atoms with E-state index >= 15 is 0 Å². The fourth-order valence-corrected chi connectivity index (χ4v) is 3.30. The Balaban J connectivity index is 2.09. The van der Waals surface area contributed by atoms with Crippen LogP contribution in [0.3, 0.4) is 0 Å². The first-order valence-corrected chi connectivity index (χ1v) is 10.9. The number of benzene rings is 2. The van der Waals surface area contributed by atoms with Crippen LogP contribution in [0.4, 0.5) is 0 Å². The normalized spacial score (nSPS) is 12.1. The second kappa shape index (κ2) is 11.9. The van der Waals surface area contributed by atoms with E-state index in [1.54, 1.807) is 24.3 Å². The van der Waals surface area contributed by atoms with Crippen LogP contribution in [0.2, 0.25) is 15.1 Å². The molecule has 0 saturated carbocycles. The van der Waals surface area contributed by atoms with E-state index in [9.17, 15) is 9.59 Å². The molecule has 0 saturated heterocycles. The molecule has 0 aliphatic carbocycles. The molecule has 0 radical (unpaired) electrons. The lowest BCUT2D eigenvalue weighted by atomic mass is 10.0. The standard InChI is InChI=1S/C22H24Cl3N3O3/c1-4-9-31-19-8-6-15(23)10-14(19)12-26-28-22(30)20(13(2)3)27-21(29)17-7-5-16(24)11-18(17)25/h5-8,10-13,20H,4,9H2,1-3H3,(H,27,29)(H,28,30). The number of rotatable bonds is 9. The van der Waals surface area contributed by atoms with E-state index in [1.807, 2.05) is 20.8 Å². The molecule has 0 heterocycles. The molecule has 1 unspecified atom stereocenters. The van der Waals surface area contributed by atoms with Crippen molar-refractivity contribution in [2.45, 2.75) is 33.2 Å². The molecule has 166 valence electrons. The highest BCUT2D eigenvalue weighted by molar-refractivity contribution is 6.36. The molecule has 0 fully saturated rings. The number of carbonyl (C=O) groups is 2. The monoisotopic (exact) mass is 483 g/mol. The molecule has 0 bridgehead atoms. The van der Waals surface area contributed by atoms with Gasteiger partial charge < -0.3 is 10.1 Å². The molecule has 0 spiro atoms. The van der Waals surface area contributed by atoms with Crippen molar-refractivity contribution in [3.8, 4) is 5.75 Å². The molecule has 0 aliphatic heterocycles. The lowest BCUT2D eigenvalue weighted by molar-refractivity contribution is -0.123. The zero-order valence-electron chi connectivity index (χ0n) is 17.4. The van der Waals surface area contributed by atoms with E-state index in [4.69, 9.17) is 39.5 Å². The van der Waals surface area contributed by atoms with E-state index in [-0.39, 0.29) is 16.5 Å². The number of nitrogens with zero attached hydrogens (tertiary/aromatic N) is 1. The molecule has 2 aromatic rings. The Bertz CT molecular complexity index is 964. The molecule has 2 rings (SSSR count). The lowest BCUT2D eigenvalue weighted by Gasteiger charge is -2.20. The second-order valence-corrected chi connectivity index (χ2v) is 8.36. The van der Waals surface area contributed by atoms with Crippen LogP contribution in [0.25, 0.3) is 0 Å². The summed E-state index contributed by atoms with van der Waals surface area (Å²) in [6.45, 7) is 6.17. The molecule has 6 nitrogen and oxygen atoms in total. The van der Waals surface area contributed by atoms with Crippen LogP contribution >= 0.6 is 34.8 Å². The van der Waals surface area contributed by atoms with Crippen LogP contribution in [0.15, 0.2) is 41.5 Å². The fourth-order valence-electron chi connectivity index (χ4n) is 2.63. The van der Waals surface area contributed by atoms with E-state index in [0.29, 0.717) is 28.0 Å². The summed E-state index contributed by atoms with van der Waals surface area (Å²) >= 11 is 18.0. The smallest absolute Gasteiger partial charge is 0.262 e. The summed E-state index contributed by atoms with van der Waals surface area (Å²) in [7, 11) is 0. The van der Waals surface area contributed by atoms with Gasteiger partial charge in [0.05, 0.1) is 23.4 Å². The largest absolute Gasteiger partial charge is 0.493 e. The van der Waals surface area contributed by atoms with E-state index in [1.165, 1.54) is 18.3 Å². The minimum absolute atomic E-state index is 0.195. The summed E-state index contributed by atoms with van der Waals surface area (Å²) in [5.74, 6) is -0.539. The third kappa shape index (κ3) is 7.42. The quantitative estimate of drug-likeness (QED) is 0.372. The number of amides is 2. The molecule has 31 heavy (non-hydrogen) atoms. The van der Waals surface area contributed by atoms with Crippen LogP contribution in [0.1, 0.15) is 43.1 Å². The highest BCUT2D eigenvalue weighted by Crippen LogP contribution is 2.22. The van der Waals surface area contributed by atoms with Crippen molar-refractivity contribution in [1.29, 1.82) is 0 Å². The van der Waals surface area contributed by atoms with Crippen molar-refractivity contribution in [3.63, 3.8) is 0 Å². The second-order valence-electron chi connectivity index (χ2n) is 7.08. The zero-order valence-corrected chi connectivity index (χ0v) is 19.7. The summed E-state index contributed by atoms with van der Waals surface area (Å²) in [4.78, 5) is 25.2. The molecule has 1 atom stereocenters. The highest BCUT2D eigenvalue weighted by atomic mass is 35.5. The summed E-state index contributed by atoms with van der Waals surface area (Å²) in [5.41, 5.74) is 3.31. The van der Waals surface area contributed by atoms with Gasteiger partial charge >= 0.3 is 0 Å². The van der Waals surface area contributed by atoms with Crippen LogP contribution in [0.5, 0.6) is 5.75 Å². The van der Waals surface area contributed by atoms with Crippen molar-refractivity contribution in [1.82, 2.24) is 10.7 Å². The predicted octanol–water partition coefficient (Wildman–Crippen LogP) is 5.34.